The normalized spacial score (nSPS) is 16.2. The van der Waals surface area contributed by atoms with Crippen LogP contribution in [0.1, 0.15) is 28.1 Å². The number of nitrogens with zero attached hydrogens (tertiary/aromatic N) is 1. The summed E-state index contributed by atoms with van der Waals surface area (Å²) < 4.78 is 0. The SMILES string of the molecule is O=C(NCC1CCN(Cc2cccs2)CC1)c1ccc(Cl)cc1Cl. The van der Waals surface area contributed by atoms with Crippen molar-refractivity contribution in [2.45, 2.75) is 19.4 Å². The van der Waals surface area contributed by atoms with E-state index in [0.717, 1.165) is 32.5 Å². The molecule has 1 aliphatic heterocycles. The van der Waals surface area contributed by atoms with Crippen molar-refractivity contribution in [2.75, 3.05) is 19.6 Å². The summed E-state index contributed by atoms with van der Waals surface area (Å²) in [5.41, 5.74) is 0.483. The van der Waals surface area contributed by atoms with Crippen LogP contribution in [0.4, 0.5) is 0 Å². The fourth-order valence-electron chi connectivity index (χ4n) is 2.98. The largest absolute Gasteiger partial charge is 0.352 e. The molecule has 1 aromatic carbocycles. The number of hydrogen-bond donors (Lipinski definition) is 1. The van der Waals surface area contributed by atoms with Crippen LogP contribution < -0.4 is 5.32 Å². The highest BCUT2D eigenvalue weighted by Gasteiger charge is 2.20. The topological polar surface area (TPSA) is 32.3 Å². The molecule has 0 unspecified atom stereocenters. The highest BCUT2D eigenvalue weighted by Crippen LogP contribution is 2.22. The molecule has 1 saturated heterocycles. The van der Waals surface area contributed by atoms with E-state index in [1.54, 1.807) is 18.2 Å². The summed E-state index contributed by atoms with van der Waals surface area (Å²) in [6, 6.07) is 9.24. The number of carbonyl (C=O) groups excluding carboxylic acids is 1. The number of rotatable bonds is 5. The van der Waals surface area contributed by atoms with Gasteiger partial charge in [0.05, 0.1) is 10.6 Å². The van der Waals surface area contributed by atoms with Crippen molar-refractivity contribution >= 4 is 40.4 Å². The maximum absolute atomic E-state index is 12.2. The van der Waals surface area contributed by atoms with Crippen LogP contribution in [0, 0.1) is 5.92 Å². The molecule has 0 saturated carbocycles. The van der Waals surface area contributed by atoms with Gasteiger partial charge in [0, 0.05) is 23.0 Å². The number of carbonyl (C=O) groups is 1. The van der Waals surface area contributed by atoms with E-state index in [4.69, 9.17) is 23.2 Å². The number of piperidine rings is 1. The lowest BCUT2D eigenvalue weighted by atomic mass is 9.96. The fourth-order valence-corrected chi connectivity index (χ4v) is 4.22. The zero-order chi connectivity index (χ0) is 16.9. The summed E-state index contributed by atoms with van der Waals surface area (Å²) in [6.45, 7) is 3.90. The predicted octanol–water partition coefficient (Wildman–Crippen LogP) is 4.70. The van der Waals surface area contributed by atoms with Gasteiger partial charge in [0.15, 0.2) is 0 Å². The summed E-state index contributed by atoms with van der Waals surface area (Å²) >= 11 is 13.8. The molecule has 0 bridgehead atoms. The van der Waals surface area contributed by atoms with Gasteiger partial charge in [0.25, 0.3) is 5.91 Å². The lowest BCUT2D eigenvalue weighted by molar-refractivity contribution is 0.0935. The molecule has 24 heavy (non-hydrogen) atoms. The third-order valence-corrected chi connectivity index (χ3v) is 5.80. The van der Waals surface area contributed by atoms with Crippen molar-refractivity contribution in [3.8, 4) is 0 Å². The van der Waals surface area contributed by atoms with E-state index in [-0.39, 0.29) is 5.91 Å². The van der Waals surface area contributed by atoms with Crippen molar-refractivity contribution < 1.29 is 4.79 Å². The number of benzene rings is 1. The molecule has 0 radical (unpaired) electrons. The first-order valence-electron chi connectivity index (χ1n) is 8.10. The van der Waals surface area contributed by atoms with Crippen LogP contribution in [-0.4, -0.2) is 30.4 Å². The summed E-state index contributed by atoms with van der Waals surface area (Å²) in [7, 11) is 0. The van der Waals surface area contributed by atoms with Crippen LogP contribution in [0.15, 0.2) is 35.7 Å². The zero-order valence-electron chi connectivity index (χ0n) is 13.3. The summed E-state index contributed by atoms with van der Waals surface area (Å²) in [4.78, 5) is 16.1. The first kappa shape index (κ1) is 17.7. The molecule has 1 amide bonds. The van der Waals surface area contributed by atoms with Gasteiger partial charge in [-0.3, -0.25) is 9.69 Å². The maximum atomic E-state index is 12.2. The summed E-state index contributed by atoms with van der Waals surface area (Å²) in [5, 5.41) is 6.06. The minimum atomic E-state index is -0.127. The van der Waals surface area contributed by atoms with Gasteiger partial charge in [0.2, 0.25) is 0 Å². The Bertz CT molecular complexity index is 682. The van der Waals surface area contributed by atoms with Gasteiger partial charge >= 0.3 is 0 Å². The minimum absolute atomic E-state index is 0.127. The number of thiophene rings is 1. The third-order valence-electron chi connectivity index (χ3n) is 4.39. The number of amides is 1. The highest BCUT2D eigenvalue weighted by atomic mass is 35.5. The van der Waals surface area contributed by atoms with Crippen LogP contribution in [0.5, 0.6) is 0 Å². The van der Waals surface area contributed by atoms with Crippen LogP contribution >= 0.6 is 34.5 Å². The Kier molecular flexibility index (Phi) is 6.17. The summed E-state index contributed by atoms with van der Waals surface area (Å²) in [6.07, 6.45) is 2.22. The quantitative estimate of drug-likeness (QED) is 0.812. The molecule has 2 heterocycles. The van der Waals surface area contributed by atoms with Crippen LogP contribution in [0.25, 0.3) is 0 Å². The van der Waals surface area contributed by atoms with Gasteiger partial charge in [-0.25, -0.2) is 0 Å². The zero-order valence-corrected chi connectivity index (χ0v) is 15.6. The second kappa shape index (κ2) is 8.34. The number of halogens is 2. The Balaban J connectivity index is 1.44. The Morgan fingerprint density at radius 1 is 1.25 bits per heavy atom. The number of likely N-dealkylation sites (tertiary alicyclic amines) is 1. The van der Waals surface area contributed by atoms with Crippen LogP contribution in [0.3, 0.4) is 0 Å². The van der Waals surface area contributed by atoms with E-state index >= 15 is 0 Å². The van der Waals surface area contributed by atoms with E-state index in [2.05, 4.69) is 27.7 Å². The third kappa shape index (κ3) is 4.73. The first-order valence-corrected chi connectivity index (χ1v) is 9.73. The molecule has 0 atom stereocenters. The van der Waals surface area contributed by atoms with Crippen molar-refractivity contribution in [3.63, 3.8) is 0 Å². The Morgan fingerprint density at radius 3 is 2.71 bits per heavy atom. The average Bonchev–Trinajstić information content (AvgIpc) is 3.07. The van der Waals surface area contributed by atoms with E-state index in [9.17, 15) is 4.79 Å². The van der Waals surface area contributed by atoms with E-state index in [0.29, 0.717) is 28.1 Å². The molecule has 128 valence electrons. The fraction of sp³-hybridized carbons (Fsp3) is 0.389. The van der Waals surface area contributed by atoms with E-state index < -0.39 is 0 Å². The second-order valence-corrected chi connectivity index (χ2v) is 8.01. The smallest absolute Gasteiger partial charge is 0.252 e. The van der Waals surface area contributed by atoms with Gasteiger partial charge in [-0.2, -0.15) is 0 Å². The molecule has 0 spiro atoms. The molecular formula is C18H20Cl2N2OS. The van der Waals surface area contributed by atoms with Gasteiger partial charge in [-0.05, 0) is 61.5 Å². The van der Waals surface area contributed by atoms with Gasteiger partial charge in [-0.15, -0.1) is 11.3 Å². The molecule has 1 aliphatic rings. The molecule has 2 aromatic rings. The molecule has 3 rings (SSSR count). The minimum Gasteiger partial charge on any atom is -0.352 e. The number of hydrogen-bond acceptors (Lipinski definition) is 3. The average molecular weight is 383 g/mol. The monoisotopic (exact) mass is 382 g/mol. The first-order chi connectivity index (χ1) is 11.6. The van der Waals surface area contributed by atoms with Crippen molar-refractivity contribution in [1.29, 1.82) is 0 Å². The molecule has 1 aromatic heterocycles. The summed E-state index contributed by atoms with van der Waals surface area (Å²) in [5.74, 6) is 0.400. The van der Waals surface area contributed by atoms with Crippen molar-refractivity contribution in [1.82, 2.24) is 10.2 Å². The van der Waals surface area contributed by atoms with Gasteiger partial charge < -0.3 is 5.32 Å². The molecule has 6 heteroatoms. The highest BCUT2D eigenvalue weighted by molar-refractivity contribution is 7.09. The van der Waals surface area contributed by atoms with Gasteiger partial charge in [-0.1, -0.05) is 29.3 Å². The van der Waals surface area contributed by atoms with Crippen molar-refractivity contribution in [2.24, 2.45) is 5.92 Å². The molecule has 0 aliphatic carbocycles. The second-order valence-electron chi connectivity index (χ2n) is 6.13. The Morgan fingerprint density at radius 2 is 2.04 bits per heavy atom. The number of nitrogens with one attached hydrogen (secondary N) is 1. The Hall–Kier alpha value is -1.07. The molecule has 1 fully saturated rings. The van der Waals surface area contributed by atoms with Crippen LogP contribution in [0.2, 0.25) is 10.0 Å². The van der Waals surface area contributed by atoms with Crippen molar-refractivity contribution in [3.05, 3.63) is 56.2 Å². The van der Waals surface area contributed by atoms with Gasteiger partial charge in [0.1, 0.15) is 0 Å². The lowest BCUT2D eigenvalue weighted by Gasteiger charge is -2.31. The predicted molar refractivity (Wildman–Crippen MR) is 101 cm³/mol. The Labute approximate surface area is 156 Å². The molecule has 1 N–H and O–H groups in total. The molecular weight excluding hydrogens is 363 g/mol. The lowest BCUT2D eigenvalue weighted by Crippen LogP contribution is -2.38. The standard InChI is InChI=1S/C18H20Cl2N2OS/c19-14-3-4-16(17(20)10-14)18(23)21-11-13-5-7-22(8-6-13)12-15-2-1-9-24-15/h1-4,9-10,13H,5-8,11-12H2,(H,21,23). The van der Waals surface area contributed by atoms with Crippen LogP contribution in [-0.2, 0) is 6.54 Å². The molecule has 3 nitrogen and oxygen atoms in total. The maximum Gasteiger partial charge on any atom is 0.252 e. The van der Waals surface area contributed by atoms with E-state index in [1.807, 2.05) is 11.3 Å². The van der Waals surface area contributed by atoms with E-state index in [1.165, 1.54) is 4.88 Å².